The van der Waals surface area contributed by atoms with Crippen LogP contribution in [0, 0.1) is 0 Å². The van der Waals surface area contributed by atoms with Gasteiger partial charge in [0.15, 0.2) is 11.5 Å². The van der Waals surface area contributed by atoms with E-state index in [4.69, 9.17) is 46.6 Å². The smallest absolute Gasteiger partial charge is 0.338 e. The molecule has 3 aromatic rings. The second kappa shape index (κ2) is 9.11. The summed E-state index contributed by atoms with van der Waals surface area (Å²) in [5.41, 5.74) is 0.949. The van der Waals surface area contributed by atoms with E-state index in [-0.39, 0.29) is 12.2 Å². The third kappa shape index (κ3) is 4.60. The Morgan fingerprint density at radius 2 is 1.62 bits per heavy atom. The molecule has 0 N–H and O–H groups in total. The predicted octanol–water partition coefficient (Wildman–Crippen LogP) is 5.64. The summed E-state index contributed by atoms with van der Waals surface area (Å²) in [4.78, 5) is 12.5. The normalized spacial score (nSPS) is 10.5. The van der Waals surface area contributed by atoms with Crippen LogP contribution in [0.3, 0.4) is 0 Å². The molecule has 3 rings (SSSR count). The van der Waals surface area contributed by atoms with Crippen molar-refractivity contribution in [3.63, 3.8) is 0 Å². The van der Waals surface area contributed by atoms with Gasteiger partial charge in [0.1, 0.15) is 18.1 Å². The molecular weight excluding hydrogens is 419 g/mol. The van der Waals surface area contributed by atoms with E-state index in [1.165, 1.54) is 33.5 Å². The van der Waals surface area contributed by atoms with Gasteiger partial charge in [-0.3, -0.25) is 0 Å². The first-order valence-electron chi connectivity index (χ1n) is 8.48. The highest BCUT2D eigenvalue weighted by Crippen LogP contribution is 2.38. The minimum absolute atomic E-state index is 0.0549. The highest BCUT2D eigenvalue weighted by Gasteiger charge is 2.18. The van der Waals surface area contributed by atoms with Crippen LogP contribution in [-0.4, -0.2) is 27.3 Å². The highest BCUT2D eigenvalue weighted by atomic mass is 35.5. The molecule has 0 bridgehead atoms. The molecule has 29 heavy (non-hydrogen) atoms. The van der Waals surface area contributed by atoms with Crippen molar-refractivity contribution in [3.05, 3.63) is 63.8 Å². The molecule has 1 heterocycles. The minimum Gasteiger partial charge on any atom is -0.493 e. The van der Waals surface area contributed by atoms with Crippen molar-refractivity contribution in [2.75, 3.05) is 21.3 Å². The number of esters is 1. The quantitative estimate of drug-likeness (QED) is 0.446. The van der Waals surface area contributed by atoms with Crippen molar-refractivity contribution in [1.29, 1.82) is 0 Å². The molecule has 2 aromatic carbocycles. The first-order valence-corrected chi connectivity index (χ1v) is 9.23. The summed E-state index contributed by atoms with van der Waals surface area (Å²) < 4.78 is 26.8. The maximum absolute atomic E-state index is 12.5. The summed E-state index contributed by atoms with van der Waals surface area (Å²) >= 11 is 12.1. The van der Waals surface area contributed by atoms with Crippen LogP contribution in [0.4, 0.5) is 0 Å². The number of hydrogen-bond acceptors (Lipinski definition) is 6. The highest BCUT2D eigenvalue weighted by molar-refractivity contribution is 6.36. The Balaban J connectivity index is 1.74. The van der Waals surface area contributed by atoms with Crippen LogP contribution in [0.15, 0.2) is 46.9 Å². The van der Waals surface area contributed by atoms with E-state index in [2.05, 4.69) is 0 Å². The number of halogens is 2. The van der Waals surface area contributed by atoms with Crippen molar-refractivity contribution in [3.8, 4) is 28.6 Å². The van der Waals surface area contributed by atoms with Crippen LogP contribution in [0.25, 0.3) is 11.3 Å². The van der Waals surface area contributed by atoms with Gasteiger partial charge >= 0.3 is 5.97 Å². The van der Waals surface area contributed by atoms with E-state index in [0.29, 0.717) is 44.4 Å². The molecule has 0 fully saturated rings. The molecule has 1 aromatic heterocycles. The monoisotopic (exact) mass is 436 g/mol. The van der Waals surface area contributed by atoms with E-state index in [0.717, 1.165) is 0 Å². The van der Waals surface area contributed by atoms with Gasteiger partial charge in [-0.05, 0) is 42.5 Å². The average molecular weight is 437 g/mol. The zero-order valence-corrected chi connectivity index (χ0v) is 17.5. The molecule has 0 spiro atoms. The summed E-state index contributed by atoms with van der Waals surface area (Å²) in [6, 6.07) is 11.6. The van der Waals surface area contributed by atoms with Gasteiger partial charge in [-0.2, -0.15) is 0 Å². The lowest BCUT2D eigenvalue weighted by molar-refractivity contribution is 0.0445. The van der Waals surface area contributed by atoms with Crippen molar-refractivity contribution >= 4 is 29.2 Å². The van der Waals surface area contributed by atoms with Gasteiger partial charge in [0, 0.05) is 10.6 Å². The van der Waals surface area contributed by atoms with E-state index in [9.17, 15) is 4.79 Å². The lowest BCUT2D eigenvalue weighted by Gasteiger charge is -2.13. The van der Waals surface area contributed by atoms with Gasteiger partial charge in [0.05, 0.1) is 31.9 Å². The molecule has 0 aliphatic rings. The summed E-state index contributed by atoms with van der Waals surface area (Å²) in [6.07, 6.45) is 0. The van der Waals surface area contributed by atoms with Crippen molar-refractivity contribution in [2.24, 2.45) is 0 Å². The predicted molar refractivity (Wildman–Crippen MR) is 109 cm³/mol. The SMILES string of the molecule is COc1cc(C(=O)OCc2ccc(-c3ccc(Cl)cc3Cl)o2)cc(OC)c1OC. The largest absolute Gasteiger partial charge is 0.493 e. The summed E-state index contributed by atoms with van der Waals surface area (Å²) in [5.74, 6) is 1.55. The Morgan fingerprint density at radius 3 is 2.21 bits per heavy atom. The molecule has 8 heteroatoms. The molecule has 0 aliphatic heterocycles. The number of rotatable bonds is 7. The Hall–Kier alpha value is -2.83. The number of ether oxygens (including phenoxy) is 4. The van der Waals surface area contributed by atoms with Gasteiger partial charge in [0.25, 0.3) is 0 Å². The standard InChI is InChI=1S/C21H18Cl2O6/c1-25-18-8-12(9-19(26-2)20(18)27-3)21(24)28-11-14-5-7-17(29-14)15-6-4-13(22)10-16(15)23/h4-10H,11H2,1-3H3. The van der Waals surface area contributed by atoms with Gasteiger partial charge in [-0.25, -0.2) is 4.79 Å². The Kier molecular flexibility index (Phi) is 6.56. The fourth-order valence-corrected chi connectivity index (χ4v) is 3.21. The minimum atomic E-state index is -0.563. The summed E-state index contributed by atoms with van der Waals surface area (Å²) in [7, 11) is 4.43. The summed E-state index contributed by atoms with van der Waals surface area (Å²) in [5, 5.41) is 0.998. The van der Waals surface area contributed by atoms with Crippen LogP contribution < -0.4 is 14.2 Å². The topological polar surface area (TPSA) is 67.1 Å². The first kappa shape index (κ1) is 20.9. The van der Waals surface area contributed by atoms with Crippen molar-refractivity contribution in [1.82, 2.24) is 0 Å². The number of carbonyl (C=O) groups is 1. The fraction of sp³-hybridized carbons (Fsp3) is 0.190. The van der Waals surface area contributed by atoms with Crippen LogP contribution >= 0.6 is 23.2 Å². The van der Waals surface area contributed by atoms with Crippen molar-refractivity contribution < 1.29 is 28.2 Å². The lowest BCUT2D eigenvalue weighted by atomic mass is 10.2. The maximum Gasteiger partial charge on any atom is 0.338 e. The van der Waals surface area contributed by atoms with Gasteiger partial charge in [-0.1, -0.05) is 23.2 Å². The third-order valence-electron chi connectivity index (χ3n) is 4.10. The van der Waals surface area contributed by atoms with Crippen LogP contribution in [0.5, 0.6) is 17.2 Å². The molecule has 0 amide bonds. The van der Waals surface area contributed by atoms with Crippen molar-refractivity contribution in [2.45, 2.75) is 6.61 Å². The lowest BCUT2D eigenvalue weighted by Crippen LogP contribution is -2.06. The Morgan fingerprint density at radius 1 is 0.931 bits per heavy atom. The average Bonchev–Trinajstić information content (AvgIpc) is 3.19. The third-order valence-corrected chi connectivity index (χ3v) is 4.65. The number of carbonyl (C=O) groups excluding carboxylic acids is 1. The van der Waals surface area contributed by atoms with E-state index in [1.807, 2.05) is 0 Å². The number of benzene rings is 2. The van der Waals surface area contributed by atoms with Gasteiger partial charge < -0.3 is 23.4 Å². The number of hydrogen-bond donors (Lipinski definition) is 0. The molecule has 0 saturated heterocycles. The molecule has 0 saturated carbocycles. The molecule has 0 radical (unpaired) electrons. The second-order valence-corrected chi connectivity index (χ2v) is 6.72. The molecule has 0 unspecified atom stereocenters. The van der Waals surface area contributed by atoms with E-state index in [1.54, 1.807) is 30.3 Å². The van der Waals surface area contributed by atoms with Crippen LogP contribution in [0.1, 0.15) is 16.1 Å². The molecule has 6 nitrogen and oxygen atoms in total. The zero-order chi connectivity index (χ0) is 21.0. The molecule has 152 valence electrons. The Bertz CT molecular complexity index is 1000. The van der Waals surface area contributed by atoms with Crippen LogP contribution in [0.2, 0.25) is 10.0 Å². The van der Waals surface area contributed by atoms with Gasteiger partial charge in [-0.15, -0.1) is 0 Å². The van der Waals surface area contributed by atoms with Gasteiger partial charge in [0.2, 0.25) is 5.75 Å². The fourth-order valence-electron chi connectivity index (χ4n) is 2.71. The van der Waals surface area contributed by atoms with E-state index < -0.39 is 5.97 Å². The first-order chi connectivity index (χ1) is 14.0. The molecule has 0 aliphatic carbocycles. The maximum atomic E-state index is 12.5. The molecular formula is C21H18Cl2O6. The Labute approximate surface area is 177 Å². The zero-order valence-electron chi connectivity index (χ0n) is 16.0. The van der Waals surface area contributed by atoms with Crippen LogP contribution in [-0.2, 0) is 11.3 Å². The molecule has 0 atom stereocenters. The van der Waals surface area contributed by atoms with E-state index >= 15 is 0 Å². The number of furan rings is 1. The summed E-state index contributed by atoms with van der Waals surface area (Å²) in [6.45, 7) is -0.0549. The second-order valence-electron chi connectivity index (χ2n) is 5.88. The number of methoxy groups -OCH3 is 3.